The van der Waals surface area contributed by atoms with Crippen molar-refractivity contribution in [3.8, 4) is 0 Å². The number of amides is 1. The molecule has 1 amide bonds. The predicted molar refractivity (Wildman–Crippen MR) is 45.4 cm³/mol. The normalized spacial score (nSPS) is 10.0. The Bertz CT molecular complexity index is 290. The SMILES string of the molecule is C=C(C)C(=O)NCCS(=O)(=O)O.[H-].[K+]. The Kier molecular flexibility index (Phi) is 8.85. The van der Waals surface area contributed by atoms with E-state index in [2.05, 4.69) is 11.9 Å². The Hall–Kier alpha value is 0.756. The second-order valence-electron chi connectivity index (χ2n) is 2.32. The summed E-state index contributed by atoms with van der Waals surface area (Å²) in [6.45, 7) is 4.74. The van der Waals surface area contributed by atoms with E-state index < -0.39 is 21.8 Å². The van der Waals surface area contributed by atoms with Crippen LogP contribution in [0.25, 0.3) is 0 Å². The number of carbonyl (C=O) groups excluding carboxylic acids is 1. The van der Waals surface area contributed by atoms with Gasteiger partial charge in [-0.15, -0.1) is 0 Å². The molecule has 0 saturated carbocycles. The van der Waals surface area contributed by atoms with E-state index in [0.29, 0.717) is 5.57 Å². The molecule has 0 unspecified atom stereocenters. The Morgan fingerprint density at radius 3 is 2.38 bits per heavy atom. The molecule has 0 heterocycles. The number of carbonyl (C=O) groups is 1. The predicted octanol–water partition coefficient (Wildman–Crippen LogP) is -3.32. The van der Waals surface area contributed by atoms with E-state index in [-0.39, 0.29) is 59.4 Å². The number of hydrogen-bond acceptors (Lipinski definition) is 3. The first-order valence-corrected chi connectivity index (χ1v) is 4.82. The zero-order valence-electron chi connectivity index (χ0n) is 8.70. The standard InChI is InChI=1S/C6H11NO4S.K.H/c1-5(2)6(8)7-3-4-12(9,10)11;;/h1,3-4H2,2H3,(H,7,8)(H,9,10,11);;/q;+1;-1. The Balaban J connectivity index is -0.000000605. The van der Waals surface area contributed by atoms with Gasteiger partial charge >= 0.3 is 51.4 Å². The summed E-state index contributed by atoms with van der Waals surface area (Å²) in [7, 11) is -3.99. The first kappa shape index (κ1) is 16.2. The monoisotopic (exact) mass is 233 g/mol. The van der Waals surface area contributed by atoms with Gasteiger partial charge in [0.15, 0.2) is 0 Å². The molecule has 0 aliphatic heterocycles. The fraction of sp³-hybridized carbons (Fsp3) is 0.500. The van der Waals surface area contributed by atoms with E-state index in [1.54, 1.807) is 0 Å². The van der Waals surface area contributed by atoms with Gasteiger partial charge in [-0.05, 0) is 6.92 Å². The second kappa shape index (κ2) is 7.10. The van der Waals surface area contributed by atoms with Gasteiger partial charge in [0.05, 0.1) is 5.75 Å². The molecule has 0 rings (SSSR count). The van der Waals surface area contributed by atoms with E-state index in [0.717, 1.165) is 0 Å². The van der Waals surface area contributed by atoms with Crippen LogP contribution in [-0.4, -0.2) is 31.2 Å². The van der Waals surface area contributed by atoms with Crippen LogP contribution in [0.2, 0.25) is 0 Å². The zero-order chi connectivity index (χ0) is 9.78. The third-order valence-electron chi connectivity index (χ3n) is 1.03. The van der Waals surface area contributed by atoms with E-state index in [1.165, 1.54) is 6.92 Å². The Morgan fingerprint density at radius 2 is 2.08 bits per heavy atom. The van der Waals surface area contributed by atoms with Crippen LogP contribution < -0.4 is 56.7 Å². The van der Waals surface area contributed by atoms with Gasteiger partial charge in [-0.25, -0.2) is 0 Å². The van der Waals surface area contributed by atoms with Crippen molar-refractivity contribution >= 4 is 16.0 Å². The fourth-order valence-corrected chi connectivity index (χ4v) is 0.804. The van der Waals surface area contributed by atoms with Crippen molar-refractivity contribution in [2.45, 2.75) is 6.92 Å². The van der Waals surface area contributed by atoms with Crippen LogP contribution in [0.15, 0.2) is 12.2 Å². The molecule has 0 spiro atoms. The molecule has 0 atom stereocenters. The molecule has 0 bridgehead atoms. The quantitative estimate of drug-likeness (QED) is 0.302. The van der Waals surface area contributed by atoms with Crippen molar-refractivity contribution in [1.29, 1.82) is 0 Å². The topological polar surface area (TPSA) is 83.5 Å². The van der Waals surface area contributed by atoms with Gasteiger partial charge in [0.25, 0.3) is 10.1 Å². The molecular weight excluding hydrogens is 221 g/mol. The van der Waals surface area contributed by atoms with Gasteiger partial charge in [0.2, 0.25) is 5.91 Å². The van der Waals surface area contributed by atoms with Crippen LogP contribution in [0.5, 0.6) is 0 Å². The number of nitrogens with one attached hydrogen (secondary N) is 1. The summed E-state index contributed by atoms with van der Waals surface area (Å²) in [6.07, 6.45) is 0. The fourth-order valence-electron chi connectivity index (χ4n) is 0.444. The first-order valence-electron chi connectivity index (χ1n) is 3.22. The molecule has 0 aromatic carbocycles. The maximum atomic E-state index is 10.7. The summed E-state index contributed by atoms with van der Waals surface area (Å²) in [4.78, 5) is 10.7. The summed E-state index contributed by atoms with van der Waals surface area (Å²) in [5.41, 5.74) is 0.297. The van der Waals surface area contributed by atoms with Crippen LogP contribution in [0, 0.1) is 0 Å². The van der Waals surface area contributed by atoms with Crippen molar-refractivity contribution in [3.63, 3.8) is 0 Å². The van der Waals surface area contributed by atoms with Crippen LogP contribution in [0.4, 0.5) is 0 Å². The molecule has 5 nitrogen and oxygen atoms in total. The van der Waals surface area contributed by atoms with Crippen LogP contribution in [0.3, 0.4) is 0 Å². The van der Waals surface area contributed by atoms with Crippen LogP contribution >= 0.6 is 0 Å². The minimum absolute atomic E-state index is 0. The third kappa shape index (κ3) is 10.7. The van der Waals surface area contributed by atoms with Gasteiger partial charge in [0.1, 0.15) is 0 Å². The minimum atomic E-state index is -3.99. The first-order chi connectivity index (χ1) is 5.33. The Labute approximate surface area is 122 Å². The average Bonchev–Trinajstić information content (AvgIpc) is 1.84. The van der Waals surface area contributed by atoms with E-state index in [4.69, 9.17) is 4.55 Å². The summed E-state index contributed by atoms with van der Waals surface area (Å²) < 4.78 is 28.6. The smallest absolute Gasteiger partial charge is 1.00 e. The largest absolute Gasteiger partial charge is 1.00 e. The van der Waals surface area contributed by atoms with Crippen molar-refractivity contribution in [2.24, 2.45) is 0 Å². The number of rotatable bonds is 4. The van der Waals surface area contributed by atoms with Gasteiger partial charge in [-0.2, -0.15) is 8.42 Å². The summed E-state index contributed by atoms with van der Waals surface area (Å²) >= 11 is 0. The van der Waals surface area contributed by atoms with Crippen molar-refractivity contribution in [2.75, 3.05) is 12.3 Å². The van der Waals surface area contributed by atoms with Crippen molar-refractivity contribution in [3.05, 3.63) is 12.2 Å². The third-order valence-corrected chi connectivity index (χ3v) is 1.75. The summed E-state index contributed by atoms with van der Waals surface area (Å²) in [5.74, 6) is -0.898. The van der Waals surface area contributed by atoms with E-state index in [9.17, 15) is 13.2 Å². The zero-order valence-corrected chi connectivity index (χ0v) is 11.6. The van der Waals surface area contributed by atoms with Gasteiger partial charge in [0, 0.05) is 12.1 Å². The van der Waals surface area contributed by atoms with Crippen LogP contribution in [0.1, 0.15) is 8.35 Å². The molecule has 0 aromatic heterocycles. The summed E-state index contributed by atoms with van der Waals surface area (Å²) in [6, 6.07) is 0. The van der Waals surface area contributed by atoms with Gasteiger partial charge < -0.3 is 6.74 Å². The maximum Gasteiger partial charge on any atom is 1.00 e. The molecule has 0 aliphatic carbocycles. The molecular formula is C6H12KNO4S. The van der Waals surface area contributed by atoms with Crippen molar-refractivity contribution < 1.29 is 70.6 Å². The molecule has 0 aliphatic rings. The van der Waals surface area contributed by atoms with Crippen LogP contribution in [-0.2, 0) is 14.9 Å². The molecule has 0 saturated heterocycles. The van der Waals surface area contributed by atoms with E-state index >= 15 is 0 Å². The second-order valence-corrected chi connectivity index (χ2v) is 3.89. The molecule has 0 aromatic rings. The van der Waals surface area contributed by atoms with E-state index in [1.807, 2.05) is 0 Å². The molecule has 0 fully saturated rings. The average molecular weight is 233 g/mol. The van der Waals surface area contributed by atoms with Gasteiger partial charge in [-0.3, -0.25) is 9.35 Å². The molecule has 72 valence electrons. The summed E-state index contributed by atoms with van der Waals surface area (Å²) in [5, 5.41) is 2.26. The molecule has 0 radical (unpaired) electrons. The molecule has 7 heteroatoms. The maximum absolute atomic E-state index is 10.7. The minimum Gasteiger partial charge on any atom is -1.00 e. The Morgan fingerprint density at radius 1 is 1.62 bits per heavy atom. The van der Waals surface area contributed by atoms with Crippen molar-refractivity contribution in [1.82, 2.24) is 5.32 Å². The molecule has 13 heavy (non-hydrogen) atoms. The molecule has 2 N–H and O–H groups in total. The number of hydrogen-bond donors (Lipinski definition) is 2. The van der Waals surface area contributed by atoms with Gasteiger partial charge in [-0.1, -0.05) is 6.58 Å².